The molecule has 4 amide bonds. The highest BCUT2D eigenvalue weighted by Gasteiger charge is 2.35. The molecule has 1 aliphatic heterocycles. The maximum absolute atomic E-state index is 13.0. The fourth-order valence-corrected chi connectivity index (χ4v) is 2.92. The van der Waals surface area contributed by atoms with Crippen molar-refractivity contribution in [2.45, 2.75) is 6.18 Å². The van der Waals surface area contributed by atoms with Crippen molar-refractivity contribution in [1.29, 1.82) is 0 Å². The number of nitrogens with one attached hydrogen (secondary N) is 2. The van der Waals surface area contributed by atoms with E-state index in [2.05, 4.69) is 10.6 Å². The number of alkyl halides is 3. The summed E-state index contributed by atoms with van der Waals surface area (Å²) in [6.45, 7) is -0.251. The maximum atomic E-state index is 13.0. The molecule has 0 fully saturated rings. The lowest BCUT2D eigenvalue weighted by Crippen LogP contribution is -2.39. The second-order valence-corrected chi connectivity index (χ2v) is 6.31. The second kappa shape index (κ2) is 7.51. The highest BCUT2D eigenvalue weighted by atomic mass is 35.5. The van der Waals surface area contributed by atoms with Crippen molar-refractivity contribution < 1.29 is 27.6 Å². The molecule has 28 heavy (non-hydrogen) atoms. The lowest BCUT2D eigenvalue weighted by molar-refractivity contribution is -0.136. The van der Waals surface area contributed by atoms with Gasteiger partial charge in [-0.05, 0) is 30.3 Å². The minimum Gasteiger partial charge on any atom is -0.336 e. The predicted octanol–water partition coefficient (Wildman–Crippen LogP) is 3.78. The lowest BCUT2D eigenvalue weighted by Gasteiger charge is -2.16. The molecule has 10 heteroatoms. The highest BCUT2D eigenvalue weighted by molar-refractivity contribution is 6.30. The van der Waals surface area contributed by atoms with E-state index in [0.29, 0.717) is 6.07 Å². The van der Waals surface area contributed by atoms with Crippen LogP contribution in [0.2, 0.25) is 5.02 Å². The highest BCUT2D eigenvalue weighted by Crippen LogP contribution is 2.36. The third-order valence-corrected chi connectivity index (χ3v) is 4.27. The lowest BCUT2D eigenvalue weighted by atomic mass is 10.1. The number of benzene rings is 2. The zero-order valence-electron chi connectivity index (χ0n) is 14.1. The van der Waals surface area contributed by atoms with Crippen molar-refractivity contribution in [2.24, 2.45) is 0 Å². The van der Waals surface area contributed by atoms with Crippen LogP contribution < -0.4 is 10.6 Å². The molecule has 0 unspecified atom stereocenters. The molecule has 2 aromatic carbocycles. The van der Waals surface area contributed by atoms with E-state index in [0.717, 1.165) is 11.0 Å². The van der Waals surface area contributed by atoms with Crippen molar-refractivity contribution in [1.82, 2.24) is 10.2 Å². The molecule has 2 N–H and O–H groups in total. The number of hydrogen-bond donors (Lipinski definition) is 2. The summed E-state index contributed by atoms with van der Waals surface area (Å²) in [5.74, 6) is -0.972. The molecule has 0 spiro atoms. The number of hydrogen-bond acceptors (Lipinski definition) is 3. The Balaban J connectivity index is 1.59. The summed E-state index contributed by atoms with van der Waals surface area (Å²) in [4.78, 5) is 37.3. The van der Waals surface area contributed by atoms with E-state index in [1.807, 2.05) is 0 Å². The Kier molecular flexibility index (Phi) is 5.28. The van der Waals surface area contributed by atoms with E-state index < -0.39 is 35.3 Å². The maximum Gasteiger partial charge on any atom is 0.418 e. The molecule has 146 valence electrons. The van der Waals surface area contributed by atoms with Gasteiger partial charge in [-0.15, -0.1) is 0 Å². The number of fused-ring (bicyclic) bond motifs is 1. The first-order chi connectivity index (χ1) is 13.2. The molecule has 2 aromatic rings. The first-order valence-electron chi connectivity index (χ1n) is 8.05. The first-order valence-corrected chi connectivity index (χ1v) is 8.43. The Morgan fingerprint density at radius 3 is 2.21 bits per heavy atom. The third kappa shape index (κ3) is 3.94. The molecular formula is C18H13ClF3N3O3. The van der Waals surface area contributed by atoms with Crippen LogP contribution in [-0.2, 0) is 6.18 Å². The molecule has 1 aliphatic rings. The molecule has 1 heterocycles. The van der Waals surface area contributed by atoms with Crippen LogP contribution in [0.15, 0.2) is 42.5 Å². The zero-order chi connectivity index (χ0) is 20.5. The summed E-state index contributed by atoms with van der Waals surface area (Å²) in [5.41, 5.74) is -1.01. The van der Waals surface area contributed by atoms with E-state index in [9.17, 15) is 27.6 Å². The largest absolute Gasteiger partial charge is 0.418 e. The van der Waals surface area contributed by atoms with Crippen molar-refractivity contribution in [2.75, 3.05) is 18.4 Å². The van der Waals surface area contributed by atoms with Gasteiger partial charge in [-0.3, -0.25) is 14.5 Å². The normalized spacial score (nSPS) is 13.5. The van der Waals surface area contributed by atoms with E-state index in [1.165, 1.54) is 18.2 Å². The molecule has 3 rings (SSSR count). The van der Waals surface area contributed by atoms with Gasteiger partial charge in [0, 0.05) is 18.1 Å². The third-order valence-electron chi connectivity index (χ3n) is 4.03. The number of urea groups is 1. The Morgan fingerprint density at radius 1 is 1.04 bits per heavy atom. The molecule has 0 saturated carbocycles. The van der Waals surface area contributed by atoms with E-state index in [1.54, 1.807) is 12.1 Å². The summed E-state index contributed by atoms with van der Waals surface area (Å²) in [6, 6.07) is 8.34. The van der Waals surface area contributed by atoms with Crippen LogP contribution in [0.1, 0.15) is 26.3 Å². The summed E-state index contributed by atoms with van der Waals surface area (Å²) < 4.78 is 39.1. The molecule has 0 atom stereocenters. The van der Waals surface area contributed by atoms with Crippen LogP contribution in [0.25, 0.3) is 0 Å². The zero-order valence-corrected chi connectivity index (χ0v) is 14.9. The van der Waals surface area contributed by atoms with Gasteiger partial charge in [0.2, 0.25) is 0 Å². The number of anilines is 1. The molecular weight excluding hydrogens is 399 g/mol. The van der Waals surface area contributed by atoms with Crippen LogP contribution >= 0.6 is 11.6 Å². The molecule has 0 aliphatic carbocycles. The fraction of sp³-hybridized carbons (Fsp3) is 0.167. The number of carbonyl (C=O) groups excluding carboxylic acids is 3. The molecule has 6 nitrogen and oxygen atoms in total. The van der Waals surface area contributed by atoms with Crippen molar-refractivity contribution >= 4 is 35.1 Å². The summed E-state index contributed by atoms with van der Waals surface area (Å²) >= 11 is 5.58. The Bertz CT molecular complexity index is 928. The number of amides is 4. The van der Waals surface area contributed by atoms with Gasteiger partial charge >= 0.3 is 12.2 Å². The van der Waals surface area contributed by atoms with Gasteiger partial charge in [0.25, 0.3) is 11.8 Å². The quantitative estimate of drug-likeness (QED) is 0.752. The van der Waals surface area contributed by atoms with Crippen LogP contribution in [0.3, 0.4) is 0 Å². The Hall–Kier alpha value is -3.07. The van der Waals surface area contributed by atoms with Gasteiger partial charge < -0.3 is 10.6 Å². The SMILES string of the molecule is O=C(NCCN1C(=O)c2ccccc2C1=O)Nc1ccc(Cl)cc1C(F)(F)F. The second-order valence-electron chi connectivity index (χ2n) is 5.88. The van der Waals surface area contributed by atoms with Crippen LogP contribution in [0.5, 0.6) is 0 Å². The summed E-state index contributed by atoms with van der Waals surface area (Å²) in [5, 5.41) is 4.29. The summed E-state index contributed by atoms with van der Waals surface area (Å²) in [7, 11) is 0. The first kappa shape index (κ1) is 19.7. The van der Waals surface area contributed by atoms with Gasteiger partial charge in [-0.1, -0.05) is 23.7 Å². The van der Waals surface area contributed by atoms with Gasteiger partial charge in [0.1, 0.15) is 0 Å². The van der Waals surface area contributed by atoms with Crippen molar-refractivity contribution in [3.05, 3.63) is 64.2 Å². The number of nitrogens with zero attached hydrogens (tertiary/aromatic N) is 1. The van der Waals surface area contributed by atoms with Gasteiger partial charge in [0.05, 0.1) is 22.4 Å². The van der Waals surface area contributed by atoms with Crippen molar-refractivity contribution in [3.63, 3.8) is 0 Å². The summed E-state index contributed by atoms with van der Waals surface area (Å²) in [6.07, 6.45) is -4.70. The van der Waals surface area contributed by atoms with E-state index in [4.69, 9.17) is 11.6 Å². The van der Waals surface area contributed by atoms with Crippen LogP contribution in [-0.4, -0.2) is 35.8 Å². The average Bonchev–Trinajstić information content (AvgIpc) is 2.87. The number of imide groups is 1. The Morgan fingerprint density at radius 2 is 1.64 bits per heavy atom. The van der Waals surface area contributed by atoms with Gasteiger partial charge in [-0.2, -0.15) is 13.2 Å². The minimum absolute atomic E-state index is 0.119. The van der Waals surface area contributed by atoms with Gasteiger partial charge in [0.15, 0.2) is 0 Å². The molecule has 0 radical (unpaired) electrons. The fourth-order valence-electron chi connectivity index (χ4n) is 2.75. The minimum atomic E-state index is -4.70. The monoisotopic (exact) mass is 411 g/mol. The molecule has 0 aromatic heterocycles. The van der Waals surface area contributed by atoms with E-state index in [-0.39, 0.29) is 29.2 Å². The van der Waals surface area contributed by atoms with Crippen LogP contribution in [0, 0.1) is 0 Å². The topological polar surface area (TPSA) is 78.5 Å². The number of rotatable bonds is 4. The Labute approximate surface area is 162 Å². The molecule has 0 bridgehead atoms. The van der Waals surface area contributed by atoms with E-state index >= 15 is 0 Å². The number of halogens is 4. The average molecular weight is 412 g/mol. The van der Waals surface area contributed by atoms with Gasteiger partial charge in [-0.25, -0.2) is 4.79 Å². The van der Waals surface area contributed by atoms with Crippen LogP contribution in [0.4, 0.5) is 23.7 Å². The standard InChI is InChI=1S/C18H13ClF3N3O3/c19-10-5-6-14(13(9-10)18(20,21)22)24-17(28)23-7-8-25-15(26)11-3-1-2-4-12(11)16(25)27/h1-6,9H,7-8H2,(H2,23,24,28). The van der Waals surface area contributed by atoms with Crippen molar-refractivity contribution in [3.8, 4) is 0 Å². The smallest absolute Gasteiger partial charge is 0.336 e. The molecule has 0 saturated heterocycles. The predicted molar refractivity (Wildman–Crippen MR) is 95.3 cm³/mol. The number of carbonyl (C=O) groups is 3.